The van der Waals surface area contributed by atoms with Crippen molar-refractivity contribution < 1.29 is 23.7 Å². The molecule has 3 rings (SSSR count). The van der Waals surface area contributed by atoms with Crippen LogP contribution < -0.4 is 5.32 Å². The molecular formula is C21H20N2O6. The number of benzene rings is 2. The zero-order valence-electron chi connectivity index (χ0n) is 16.3. The van der Waals surface area contributed by atoms with Crippen molar-refractivity contribution in [2.45, 2.75) is 27.2 Å². The molecule has 0 bridgehead atoms. The highest BCUT2D eigenvalue weighted by Crippen LogP contribution is 2.28. The van der Waals surface area contributed by atoms with Gasteiger partial charge in [0.1, 0.15) is 11.3 Å². The number of amides is 1. The predicted molar refractivity (Wildman–Crippen MR) is 107 cm³/mol. The lowest BCUT2D eigenvalue weighted by Crippen LogP contribution is -2.22. The van der Waals surface area contributed by atoms with Gasteiger partial charge in [-0.05, 0) is 37.5 Å². The van der Waals surface area contributed by atoms with E-state index < -0.39 is 23.4 Å². The van der Waals surface area contributed by atoms with Gasteiger partial charge in [-0.1, -0.05) is 24.3 Å². The van der Waals surface area contributed by atoms with Crippen molar-refractivity contribution >= 4 is 34.2 Å². The van der Waals surface area contributed by atoms with Crippen LogP contribution >= 0.6 is 0 Å². The molecule has 0 radical (unpaired) electrons. The number of carbonyl (C=O) groups is 2. The Bertz CT molecular complexity index is 1120. The molecule has 0 aliphatic rings. The van der Waals surface area contributed by atoms with Gasteiger partial charge in [-0.2, -0.15) is 0 Å². The summed E-state index contributed by atoms with van der Waals surface area (Å²) < 4.78 is 10.6. The maximum atomic E-state index is 12.2. The van der Waals surface area contributed by atoms with E-state index in [4.69, 9.17) is 9.15 Å². The van der Waals surface area contributed by atoms with Crippen LogP contribution in [0.3, 0.4) is 0 Å². The number of anilines is 1. The average Bonchev–Trinajstić information content (AvgIpc) is 3.08. The maximum absolute atomic E-state index is 12.2. The minimum absolute atomic E-state index is 0.0483. The number of esters is 1. The third-order valence-electron chi connectivity index (χ3n) is 4.75. The number of hydrogen-bond donors (Lipinski definition) is 1. The zero-order valence-corrected chi connectivity index (χ0v) is 16.3. The molecule has 1 aromatic heterocycles. The first-order valence-corrected chi connectivity index (χ1v) is 8.93. The summed E-state index contributed by atoms with van der Waals surface area (Å²) in [5.41, 5.74) is 3.88. The molecule has 0 aliphatic heterocycles. The summed E-state index contributed by atoms with van der Waals surface area (Å²) in [5.74, 6) is -1.25. The fraction of sp³-hybridized carbons (Fsp3) is 0.238. The van der Waals surface area contributed by atoms with Gasteiger partial charge in [0.2, 0.25) is 0 Å². The highest BCUT2D eigenvalue weighted by molar-refractivity contribution is 5.96. The number of ether oxygens (including phenoxy) is 1. The van der Waals surface area contributed by atoms with Gasteiger partial charge in [-0.25, -0.2) is 0 Å². The molecular weight excluding hydrogens is 376 g/mol. The van der Waals surface area contributed by atoms with Crippen molar-refractivity contribution in [2.24, 2.45) is 0 Å². The molecule has 0 fully saturated rings. The molecule has 2 aromatic carbocycles. The highest BCUT2D eigenvalue weighted by atomic mass is 16.6. The van der Waals surface area contributed by atoms with Crippen LogP contribution in [0.1, 0.15) is 22.3 Å². The van der Waals surface area contributed by atoms with Crippen LogP contribution in [0.5, 0.6) is 0 Å². The number of para-hydroxylation sites is 1. The van der Waals surface area contributed by atoms with E-state index in [1.807, 2.05) is 26.0 Å². The average molecular weight is 396 g/mol. The van der Waals surface area contributed by atoms with E-state index in [0.29, 0.717) is 11.1 Å². The molecule has 1 heterocycles. The maximum Gasteiger partial charge on any atom is 0.310 e. The largest absolute Gasteiger partial charge is 0.464 e. The number of furan rings is 1. The third-order valence-corrected chi connectivity index (χ3v) is 4.75. The molecule has 1 amide bonds. The third kappa shape index (κ3) is 4.26. The smallest absolute Gasteiger partial charge is 0.310 e. The summed E-state index contributed by atoms with van der Waals surface area (Å²) in [4.78, 5) is 34.8. The summed E-state index contributed by atoms with van der Waals surface area (Å²) in [6, 6.07) is 8.30. The SMILES string of the molecule is Cc1cccc([N+](=O)[O-])c1NC(=O)COC(=O)Cc1coc2c(C)c(C)ccc12. The molecule has 8 nitrogen and oxygen atoms in total. The predicted octanol–water partition coefficient (Wildman–Crippen LogP) is 3.99. The van der Waals surface area contributed by atoms with Gasteiger partial charge < -0.3 is 14.5 Å². The Labute approximate surface area is 166 Å². The second kappa shape index (κ2) is 8.14. The number of rotatable bonds is 6. The first-order valence-electron chi connectivity index (χ1n) is 8.93. The van der Waals surface area contributed by atoms with Crippen LogP contribution in [0, 0.1) is 30.9 Å². The zero-order chi connectivity index (χ0) is 21.1. The minimum atomic E-state index is -0.653. The van der Waals surface area contributed by atoms with E-state index in [-0.39, 0.29) is 17.8 Å². The molecule has 0 spiro atoms. The molecule has 0 aliphatic carbocycles. The van der Waals surface area contributed by atoms with Crippen molar-refractivity contribution in [1.29, 1.82) is 0 Å². The number of nitrogens with one attached hydrogen (secondary N) is 1. The van der Waals surface area contributed by atoms with Crippen molar-refractivity contribution in [2.75, 3.05) is 11.9 Å². The number of carbonyl (C=O) groups excluding carboxylic acids is 2. The van der Waals surface area contributed by atoms with Crippen molar-refractivity contribution in [1.82, 2.24) is 0 Å². The van der Waals surface area contributed by atoms with Crippen molar-refractivity contribution in [3.63, 3.8) is 0 Å². The summed E-state index contributed by atoms with van der Waals surface area (Å²) in [6.45, 7) is 5.02. The topological polar surface area (TPSA) is 112 Å². The van der Waals surface area contributed by atoms with Crippen molar-refractivity contribution in [3.8, 4) is 0 Å². The van der Waals surface area contributed by atoms with Gasteiger partial charge >= 0.3 is 5.97 Å². The van der Waals surface area contributed by atoms with Gasteiger partial charge in [0.25, 0.3) is 11.6 Å². The van der Waals surface area contributed by atoms with E-state index in [2.05, 4.69) is 5.32 Å². The Kier molecular flexibility index (Phi) is 5.63. The lowest BCUT2D eigenvalue weighted by molar-refractivity contribution is -0.384. The molecule has 29 heavy (non-hydrogen) atoms. The lowest BCUT2D eigenvalue weighted by atomic mass is 10.0. The van der Waals surface area contributed by atoms with Crippen LogP contribution in [0.4, 0.5) is 11.4 Å². The van der Waals surface area contributed by atoms with E-state index in [9.17, 15) is 19.7 Å². The number of nitro groups is 1. The van der Waals surface area contributed by atoms with E-state index in [0.717, 1.165) is 22.1 Å². The lowest BCUT2D eigenvalue weighted by Gasteiger charge is -2.09. The van der Waals surface area contributed by atoms with Crippen molar-refractivity contribution in [3.05, 3.63) is 69.0 Å². The molecule has 0 unspecified atom stereocenters. The first-order chi connectivity index (χ1) is 13.8. The summed E-state index contributed by atoms with van der Waals surface area (Å²) in [7, 11) is 0. The minimum Gasteiger partial charge on any atom is -0.464 e. The molecule has 3 aromatic rings. The Morgan fingerprint density at radius 3 is 2.62 bits per heavy atom. The second-order valence-corrected chi connectivity index (χ2v) is 6.76. The number of nitrogens with zero attached hydrogens (tertiary/aromatic N) is 1. The number of aryl methyl sites for hydroxylation is 3. The van der Waals surface area contributed by atoms with E-state index in [1.54, 1.807) is 13.0 Å². The second-order valence-electron chi connectivity index (χ2n) is 6.76. The normalized spacial score (nSPS) is 10.7. The molecule has 0 saturated heterocycles. The Balaban J connectivity index is 1.63. The van der Waals surface area contributed by atoms with Gasteiger partial charge in [0, 0.05) is 17.0 Å². The number of nitro benzene ring substituents is 1. The quantitative estimate of drug-likeness (QED) is 0.383. The van der Waals surface area contributed by atoms with Crippen LogP contribution in [0.2, 0.25) is 0 Å². The Hall–Kier alpha value is -3.68. The fourth-order valence-electron chi connectivity index (χ4n) is 3.02. The van der Waals surface area contributed by atoms with Gasteiger partial charge in [-0.3, -0.25) is 19.7 Å². The van der Waals surface area contributed by atoms with Crippen LogP contribution in [0.25, 0.3) is 11.0 Å². The standard InChI is InChI=1S/C21H20N2O6/c1-12-7-8-16-15(10-29-21(16)14(12)3)9-19(25)28-11-18(24)22-20-13(2)5-4-6-17(20)23(26)27/h4-8,10H,9,11H2,1-3H3,(H,22,24). The van der Waals surface area contributed by atoms with Gasteiger partial charge in [0.05, 0.1) is 17.6 Å². The summed E-state index contributed by atoms with van der Waals surface area (Å²) in [6.07, 6.45) is 1.46. The van der Waals surface area contributed by atoms with Gasteiger partial charge in [0.15, 0.2) is 6.61 Å². The first kappa shape index (κ1) is 20.1. The van der Waals surface area contributed by atoms with E-state index in [1.165, 1.54) is 18.4 Å². The summed E-state index contributed by atoms with van der Waals surface area (Å²) >= 11 is 0. The van der Waals surface area contributed by atoms with Crippen LogP contribution in [-0.2, 0) is 20.7 Å². The molecule has 0 saturated carbocycles. The van der Waals surface area contributed by atoms with Crippen LogP contribution in [-0.4, -0.2) is 23.4 Å². The van der Waals surface area contributed by atoms with Gasteiger partial charge in [-0.15, -0.1) is 0 Å². The summed E-state index contributed by atoms with van der Waals surface area (Å²) in [5, 5.41) is 14.4. The highest BCUT2D eigenvalue weighted by Gasteiger charge is 2.19. The molecule has 8 heteroatoms. The van der Waals surface area contributed by atoms with E-state index >= 15 is 0 Å². The molecule has 150 valence electrons. The molecule has 0 atom stereocenters. The van der Waals surface area contributed by atoms with Crippen LogP contribution in [0.15, 0.2) is 41.0 Å². The Morgan fingerprint density at radius 2 is 1.90 bits per heavy atom. The molecule has 1 N–H and O–H groups in total. The number of fused-ring (bicyclic) bond motifs is 1. The monoisotopic (exact) mass is 396 g/mol. The Morgan fingerprint density at radius 1 is 1.14 bits per heavy atom. The fourth-order valence-corrected chi connectivity index (χ4v) is 3.02. The number of hydrogen-bond acceptors (Lipinski definition) is 6.